The zero-order valence-corrected chi connectivity index (χ0v) is 11.7. The molecule has 1 aliphatic rings. The van der Waals surface area contributed by atoms with E-state index < -0.39 is 0 Å². The molecule has 1 aromatic carbocycles. The largest absolute Gasteiger partial charge is 0.337 e. The van der Waals surface area contributed by atoms with Crippen molar-refractivity contribution in [3.8, 4) is 0 Å². The predicted molar refractivity (Wildman–Crippen MR) is 76.0 cm³/mol. The van der Waals surface area contributed by atoms with E-state index in [1.165, 1.54) is 0 Å². The fourth-order valence-electron chi connectivity index (χ4n) is 2.24. The summed E-state index contributed by atoms with van der Waals surface area (Å²) in [5.41, 5.74) is 1.09. The lowest BCUT2D eigenvalue weighted by Crippen LogP contribution is -2.56. The molecule has 1 aliphatic heterocycles. The van der Waals surface area contributed by atoms with E-state index >= 15 is 0 Å². The van der Waals surface area contributed by atoms with Gasteiger partial charge in [0.25, 0.3) is 0 Å². The molecule has 4 heteroatoms. The Balaban J connectivity index is 0.00000162. The van der Waals surface area contributed by atoms with Crippen LogP contribution in [0.4, 0.5) is 0 Å². The Morgan fingerprint density at radius 3 is 2.67 bits per heavy atom. The molecule has 18 heavy (non-hydrogen) atoms. The fraction of sp³-hybridized carbons (Fsp3) is 0.500. The van der Waals surface area contributed by atoms with Gasteiger partial charge in [-0.2, -0.15) is 0 Å². The molecule has 1 aromatic rings. The van der Waals surface area contributed by atoms with Gasteiger partial charge in [-0.05, 0) is 19.4 Å². The second kappa shape index (κ2) is 6.76. The van der Waals surface area contributed by atoms with Crippen molar-refractivity contribution < 1.29 is 4.79 Å². The van der Waals surface area contributed by atoms with Gasteiger partial charge in [0.05, 0.1) is 6.42 Å². The van der Waals surface area contributed by atoms with Crippen molar-refractivity contribution in [2.75, 3.05) is 13.1 Å². The van der Waals surface area contributed by atoms with Crippen LogP contribution in [0.25, 0.3) is 0 Å². The third kappa shape index (κ3) is 3.72. The quantitative estimate of drug-likeness (QED) is 0.888. The molecule has 2 atom stereocenters. The van der Waals surface area contributed by atoms with Crippen LogP contribution in [-0.2, 0) is 11.2 Å². The molecule has 1 N–H and O–H groups in total. The van der Waals surface area contributed by atoms with E-state index in [9.17, 15) is 4.79 Å². The monoisotopic (exact) mass is 268 g/mol. The number of carbonyl (C=O) groups is 1. The van der Waals surface area contributed by atoms with Gasteiger partial charge in [-0.15, -0.1) is 12.4 Å². The van der Waals surface area contributed by atoms with Gasteiger partial charge in [-0.3, -0.25) is 4.79 Å². The average molecular weight is 269 g/mol. The Morgan fingerprint density at radius 2 is 2.00 bits per heavy atom. The lowest BCUT2D eigenvalue weighted by Gasteiger charge is -2.37. The van der Waals surface area contributed by atoms with Crippen LogP contribution in [0.2, 0.25) is 0 Å². The van der Waals surface area contributed by atoms with Crippen LogP contribution >= 0.6 is 12.4 Å². The Bertz CT molecular complexity index is 383. The maximum Gasteiger partial charge on any atom is 0.227 e. The van der Waals surface area contributed by atoms with E-state index in [1.807, 2.05) is 35.2 Å². The summed E-state index contributed by atoms with van der Waals surface area (Å²) in [6.45, 7) is 5.92. The maximum atomic E-state index is 12.2. The van der Waals surface area contributed by atoms with E-state index in [4.69, 9.17) is 0 Å². The Morgan fingerprint density at radius 1 is 1.33 bits per heavy atom. The van der Waals surface area contributed by atoms with Gasteiger partial charge in [-0.1, -0.05) is 30.3 Å². The number of halogens is 1. The first-order valence-corrected chi connectivity index (χ1v) is 6.23. The van der Waals surface area contributed by atoms with Crippen molar-refractivity contribution in [3.63, 3.8) is 0 Å². The second-order valence-corrected chi connectivity index (χ2v) is 4.87. The van der Waals surface area contributed by atoms with Crippen molar-refractivity contribution in [1.29, 1.82) is 0 Å². The lowest BCUT2D eigenvalue weighted by molar-refractivity contribution is -0.133. The number of nitrogens with one attached hydrogen (secondary N) is 1. The molecule has 0 bridgehead atoms. The van der Waals surface area contributed by atoms with Crippen LogP contribution in [0.3, 0.4) is 0 Å². The number of hydrogen-bond acceptors (Lipinski definition) is 2. The molecule has 100 valence electrons. The molecule has 0 aliphatic carbocycles. The molecule has 0 spiro atoms. The van der Waals surface area contributed by atoms with E-state index in [2.05, 4.69) is 19.2 Å². The molecule has 1 fully saturated rings. The van der Waals surface area contributed by atoms with Crippen molar-refractivity contribution in [1.82, 2.24) is 10.2 Å². The van der Waals surface area contributed by atoms with Crippen molar-refractivity contribution in [3.05, 3.63) is 35.9 Å². The van der Waals surface area contributed by atoms with Crippen LogP contribution < -0.4 is 5.32 Å². The summed E-state index contributed by atoms with van der Waals surface area (Å²) in [6.07, 6.45) is 0.512. The number of piperazine rings is 1. The first-order valence-electron chi connectivity index (χ1n) is 6.23. The fourth-order valence-corrected chi connectivity index (χ4v) is 2.24. The van der Waals surface area contributed by atoms with E-state index in [-0.39, 0.29) is 18.3 Å². The number of rotatable bonds is 2. The zero-order chi connectivity index (χ0) is 12.3. The highest BCUT2D eigenvalue weighted by atomic mass is 35.5. The molecule has 1 amide bonds. The third-order valence-corrected chi connectivity index (χ3v) is 3.28. The van der Waals surface area contributed by atoms with Crippen LogP contribution in [0.1, 0.15) is 19.4 Å². The Hall–Kier alpha value is -1.06. The predicted octanol–water partition coefficient (Wildman–Crippen LogP) is 1.86. The van der Waals surface area contributed by atoms with Gasteiger partial charge >= 0.3 is 0 Å². The smallest absolute Gasteiger partial charge is 0.227 e. The molecular weight excluding hydrogens is 248 g/mol. The minimum Gasteiger partial charge on any atom is -0.337 e. The maximum absolute atomic E-state index is 12.2. The molecule has 1 saturated heterocycles. The highest BCUT2D eigenvalue weighted by Gasteiger charge is 2.26. The Kier molecular flexibility index (Phi) is 5.63. The van der Waals surface area contributed by atoms with Gasteiger partial charge in [-0.25, -0.2) is 0 Å². The standard InChI is InChI=1S/C14H20N2O.ClH/c1-11-10-16(12(2)9-15-11)14(17)8-13-6-4-3-5-7-13;/h3-7,11-12,15H,8-10H2,1-2H3;1H. The van der Waals surface area contributed by atoms with Crippen LogP contribution in [-0.4, -0.2) is 36.0 Å². The van der Waals surface area contributed by atoms with Crippen LogP contribution in [0.5, 0.6) is 0 Å². The second-order valence-electron chi connectivity index (χ2n) is 4.87. The highest BCUT2D eigenvalue weighted by molar-refractivity contribution is 5.85. The summed E-state index contributed by atoms with van der Waals surface area (Å²) in [5, 5.41) is 3.39. The summed E-state index contributed by atoms with van der Waals surface area (Å²) in [5.74, 6) is 0.233. The molecule has 2 rings (SSSR count). The van der Waals surface area contributed by atoms with Crippen LogP contribution in [0.15, 0.2) is 30.3 Å². The average Bonchev–Trinajstić information content (AvgIpc) is 2.33. The van der Waals surface area contributed by atoms with Gasteiger partial charge in [0.1, 0.15) is 0 Å². The number of nitrogens with zero attached hydrogens (tertiary/aromatic N) is 1. The molecular formula is C14H21ClN2O. The number of carbonyl (C=O) groups excluding carboxylic acids is 1. The summed E-state index contributed by atoms with van der Waals surface area (Å²) < 4.78 is 0. The van der Waals surface area contributed by atoms with Gasteiger partial charge < -0.3 is 10.2 Å². The summed E-state index contributed by atoms with van der Waals surface area (Å²) in [6, 6.07) is 10.6. The zero-order valence-electron chi connectivity index (χ0n) is 10.9. The minimum absolute atomic E-state index is 0. The molecule has 2 unspecified atom stereocenters. The molecule has 3 nitrogen and oxygen atoms in total. The number of hydrogen-bond donors (Lipinski definition) is 1. The van der Waals surface area contributed by atoms with Gasteiger partial charge in [0.15, 0.2) is 0 Å². The third-order valence-electron chi connectivity index (χ3n) is 3.28. The Labute approximate surface area is 115 Å². The molecule has 1 heterocycles. The number of amides is 1. The lowest BCUT2D eigenvalue weighted by atomic mass is 10.1. The summed E-state index contributed by atoms with van der Waals surface area (Å²) >= 11 is 0. The SMILES string of the molecule is CC1CN(C(=O)Cc2ccccc2)C(C)CN1.Cl. The molecule has 0 saturated carbocycles. The van der Waals surface area contributed by atoms with Crippen molar-refractivity contribution >= 4 is 18.3 Å². The van der Waals surface area contributed by atoms with E-state index in [0.717, 1.165) is 18.7 Å². The van der Waals surface area contributed by atoms with E-state index in [1.54, 1.807) is 0 Å². The highest BCUT2D eigenvalue weighted by Crippen LogP contribution is 2.10. The molecule has 0 aromatic heterocycles. The summed E-state index contributed by atoms with van der Waals surface area (Å²) in [4.78, 5) is 14.2. The number of benzene rings is 1. The van der Waals surface area contributed by atoms with Crippen molar-refractivity contribution in [2.24, 2.45) is 0 Å². The summed E-state index contributed by atoms with van der Waals surface area (Å²) in [7, 11) is 0. The first-order chi connectivity index (χ1) is 8.16. The van der Waals surface area contributed by atoms with Crippen LogP contribution in [0, 0.1) is 0 Å². The van der Waals surface area contributed by atoms with E-state index in [0.29, 0.717) is 18.5 Å². The normalized spacial score (nSPS) is 23.3. The molecule has 0 radical (unpaired) electrons. The first kappa shape index (κ1) is 15.0. The minimum atomic E-state index is 0. The van der Waals surface area contributed by atoms with Gasteiger partial charge in [0.2, 0.25) is 5.91 Å². The topological polar surface area (TPSA) is 32.3 Å². The van der Waals surface area contributed by atoms with Crippen molar-refractivity contribution in [2.45, 2.75) is 32.4 Å². The van der Waals surface area contributed by atoms with Gasteiger partial charge in [0, 0.05) is 25.2 Å².